The topological polar surface area (TPSA) is 156 Å². The van der Waals surface area contributed by atoms with E-state index in [1.165, 1.54) is 19.2 Å². The van der Waals surface area contributed by atoms with Crippen molar-refractivity contribution in [3.63, 3.8) is 0 Å². The van der Waals surface area contributed by atoms with E-state index in [0.717, 1.165) is 17.7 Å². The van der Waals surface area contributed by atoms with Crippen molar-refractivity contribution in [3.8, 4) is 51.6 Å². The number of aromatic hydroxyl groups is 4. The van der Waals surface area contributed by atoms with Gasteiger partial charge in [-0.2, -0.15) is 0 Å². The van der Waals surface area contributed by atoms with E-state index in [1.54, 1.807) is 18.2 Å². The van der Waals surface area contributed by atoms with E-state index < -0.39 is 40.3 Å². The van der Waals surface area contributed by atoms with E-state index in [4.69, 9.17) is 18.6 Å². The maximum absolute atomic E-state index is 13.2. The fourth-order valence-electron chi connectivity index (χ4n) is 4.55. The third-order valence-electron chi connectivity index (χ3n) is 6.37. The van der Waals surface area contributed by atoms with Crippen molar-refractivity contribution in [2.24, 2.45) is 0 Å². The second-order valence-corrected chi connectivity index (χ2v) is 9.21. The third-order valence-corrected chi connectivity index (χ3v) is 6.37. The van der Waals surface area contributed by atoms with Crippen molar-refractivity contribution in [1.82, 2.24) is 0 Å². The highest BCUT2D eigenvalue weighted by molar-refractivity contribution is 5.94. The zero-order valence-corrected chi connectivity index (χ0v) is 21.0. The van der Waals surface area contributed by atoms with Crippen LogP contribution in [0.1, 0.15) is 30.4 Å². The number of phenolic OH excluding ortho intramolecular Hbond substituents is 3. The summed E-state index contributed by atoms with van der Waals surface area (Å²) in [4.78, 5) is 25.8. The number of carbonyl (C=O) groups is 1. The van der Waals surface area contributed by atoms with E-state index in [0.29, 0.717) is 22.6 Å². The van der Waals surface area contributed by atoms with Crippen LogP contribution in [0, 0.1) is 0 Å². The molecule has 2 heterocycles. The summed E-state index contributed by atoms with van der Waals surface area (Å²) in [5.74, 6) is -3.01. The minimum Gasteiger partial charge on any atom is -0.507 e. The van der Waals surface area contributed by atoms with Gasteiger partial charge in [0.2, 0.25) is 11.2 Å². The Balaban J connectivity index is 1.75. The highest BCUT2D eigenvalue weighted by Crippen LogP contribution is 2.48. The van der Waals surface area contributed by atoms with Gasteiger partial charge in [-0.25, -0.2) is 0 Å². The van der Waals surface area contributed by atoms with Crippen LogP contribution < -0.4 is 19.6 Å². The molecule has 1 aromatic heterocycles. The molecule has 0 saturated carbocycles. The molecule has 3 aromatic carbocycles. The van der Waals surface area contributed by atoms with Gasteiger partial charge < -0.3 is 39.1 Å². The molecule has 4 N–H and O–H groups in total. The maximum atomic E-state index is 13.2. The van der Waals surface area contributed by atoms with Crippen LogP contribution in [0.4, 0.5) is 0 Å². The van der Waals surface area contributed by atoms with E-state index >= 15 is 0 Å². The van der Waals surface area contributed by atoms with Gasteiger partial charge in [0.25, 0.3) is 0 Å². The van der Waals surface area contributed by atoms with E-state index in [9.17, 15) is 30.0 Å². The van der Waals surface area contributed by atoms with Crippen molar-refractivity contribution < 1.29 is 43.8 Å². The van der Waals surface area contributed by atoms with E-state index in [2.05, 4.69) is 6.58 Å². The molecule has 1 aliphatic heterocycles. The molecule has 0 spiro atoms. The van der Waals surface area contributed by atoms with Crippen molar-refractivity contribution in [3.05, 3.63) is 76.0 Å². The quantitative estimate of drug-likeness (QED) is 0.119. The number of benzene rings is 3. The summed E-state index contributed by atoms with van der Waals surface area (Å²) in [7, 11) is 1.48. The molecule has 0 amide bonds. The lowest BCUT2D eigenvalue weighted by Crippen LogP contribution is -2.22. The molecule has 0 radical (unpaired) electrons. The molecule has 0 saturated heterocycles. The highest BCUT2D eigenvalue weighted by Gasteiger charge is 2.35. The highest BCUT2D eigenvalue weighted by atomic mass is 16.5. The van der Waals surface area contributed by atoms with E-state index in [-0.39, 0.29) is 41.1 Å². The lowest BCUT2D eigenvalue weighted by atomic mass is 9.85. The zero-order valence-electron chi connectivity index (χ0n) is 21.0. The molecule has 0 bridgehead atoms. The SMILES string of the molecule is C=C(C)COc1ccc([C@H]2CC(=O)Oc3cc(O)c4c(=O)c(O)c(-c5ccc(O)c(O)c5)oc4c32)cc1OC. The second-order valence-electron chi connectivity index (χ2n) is 9.21. The molecule has 10 nitrogen and oxygen atoms in total. The number of fused-ring (bicyclic) bond motifs is 3. The molecular formula is C29H24O10. The van der Waals surface area contributed by atoms with Crippen LogP contribution in [-0.2, 0) is 4.79 Å². The Kier molecular flexibility index (Phi) is 6.31. The average Bonchev–Trinajstić information content (AvgIpc) is 2.90. The van der Waals surface area contributed by atoms with Gasteiger partial charge >= 0.3 is 5.97 Å². The van der Waals surface area contributed by atoms with Gasteiger partial charge in [-0.05, 0) is 48.4 Å². The Morgan fingerprint density at radius 1 is 1.00 bits per heavy atom. The average molecular weight is 533 g/mol. The first-order valence-electron chi connectivity index (χ1n) is 11.8. The first kappa shape index (κ1) is 25.5. The van der Waals surface area contributed by atoms with Crippen LogP contribution in [-0.4, -0.2) is 40.1 Å². The van der Waals surface area contributed by atoms with Gasteiger partial charge in [0.1, 0.15) is 29.1 Å². The molecule has 1 aliphatic rings. The summed E-state index contributed by atoms with van der Waals surface area (Å²) < 4.78 is 22.7. The summed E-state index contributed by atoms with van der Waals surface area (Å²) in [5.41, 5.74) is 0.752. The molecule has 5 rings (SSSR count). The normalized spacial score (nSPS) is 14.5. The predicted octanol–water partition coefficient (Wildman–Crippen LogP) is 4.69. The Bertz CT molecular complexity index is 1720. The summed E-state index contributed by atoms with van der Waals surface area (Å²) in [6, 6.07) is 9.86. The van der Waals surface area contributed by atoms with Gasteiger partial charge in [-0.1, -0.05) is 12.6 Å². The Hall–Kier alpha value is -5.12. The van der Waals surface area contributed by atoms with Crippen LogP contribution >= 0.6 is 0 Å². The minimum atomic E-state index is -0.934. The number of hydrogen-bond donors (Lipinski definition) is 4. The number of carbonyl (C=O) groups excluding carboxylic acids is 1. The number of hydrogen-bond acceptors (Lipinski definition) is 10. The van der Waals surface area contributed by atoms with E-state index in [1.807, 2.05) is 6.92 Å². The molecular weight excluding hydrogens is 508 g/mol. The first-order chi connectivity index (χ1) is 18.6. The summed E-state index contributed by atoms with van der Waals surface area (Å²) in [6.45, 7) is 5.92. The molecule has 10 heteroatoms. The third kappa shape index (κ3) is 4.46. The van der Waals surface area contributed by atoms with Crippen molar-refractivity contribution in [1.29, 1.82) is 0 Å². The first-order valence-corrected chi connectivity index (χ1v) is 11.8. The molecule has 0 unspecified atom stereocenters. The lowest BCUT2D eigenvalue weighted by molar-refractivity contribution is -0.135. The fourth-order valence-corrected chi connectivity index (χ4v) is 4.55. The zero-order chi connectivity index (χ0) is 28.0. The number of ether oxygens (including phenoxy) is 3. The largest absolute Gasteiger partial charge is 0.507 e. The van der Waals surface area contributed by atoms with Crippen LogP contribution in [0.15, 0.2) is 63.8 Å². The van der Waals surface area contributed by atoms with Gasteiger partial charge in [0, 0.05) is 23.1 Å². The smallest absolute Gasteiger partial charge is 0.312 e. The number of esters is 1. The monoisotopic (exact) mass is 532 g/mol. The molecule has 0 aliphatic carbocycles. The van der Waals surface area contributed by atoms with Crippen LogP contribution in [0.3, 0.4) is 0 Å². The lowest BCUT2D eigenvalue weighted by Gasteiger charge is -2.26. The van der Waals surface area contributed by atoms with Gasteiger partial charge in [-0.3, -0.25) is 9.59 Å². The molecule has 39 heavy (non-hydrogen) atoms. The van der Waals surface area contributed by atoms with Crippen LogP contribution in [0.25, 0.3) is 22.3 Å². The Morgan fingerprint density at radius 3 is 2.46 bits per heavy atom. The fraction of sp³-hybridized carbons (Fsp3) is 0.172. The molecule has 200 valence electrons. The van der Waals surface area contributed by atoms with Crippen LogP contribution in [0.2, 0.25) is 0 Å². The summed E-state index contributed by atoms with van der Waals surface area (Å²) >= 11 is 0. The van der Waals surface area contributed by atoms with Crippen LogP contribution in [0.5, 0.6) is 40.2 Å². The molecule has 1 atom stereocenters. The molecule has 0 fully saturated rings. The summed E-state index contributed by atoms with van der Waals surface area (Å²) in [6.07, 6.45) is -0.123. The van der Waals surface area contributed by atoms with Gasteiger partial charge in [0.05, 0.1) is 13.5 Å². The van der Waals surface area contributed by atoms with Gasteiger partial charge in [0.15, 0.2) is 28.8 Å². The predicted molar refractivity (Wildman–Crippen MR) is 140 cm³/mol. The van der Waals surface area contributed by atoms with Crippen molar-refractivity contribution in [2.45, 2.75) is 19.3 Å². The van der Waals surface area contributed by atoms with Crippen molar-refractivity contribution >= 4 is 16.9 Å². The number of rotatable bonds is 6. The minimum absolute atomic E-state index is 0.0174. The Labute approximate surface area is 221 Å². The summed E-state index contributed by atoms with van der Waals surface area (Å²) in [5, 5.41) is 40.7. The molecule has 4 aromatic rings. The standard InChI is InChI=1S/C29H24O10/c1-13(2)12-37-20-7-5-14(9-21(20)36-3)16-10-23(33)38-22-11-19(32)25-26(34)27(35)28(39-29(25)24(16)22)15-4-6-17(30)18(31)8-15/h4-9,11,16,30-32,35H,1,10,12H2,2-3H3/t16-/m1/s1. The number of phenols is 3. The number of methoxy groups -OCH3 is 1. The maximum Gasteiger partial charge on any atom is 0.312 e. The van der Waals surface area contributed by atoms with Gasteiger partial charge in [-0.15, -0.1) is 0 Å². The van der Waals surface area contributed by atoms with Crippen molar-refractivity contribution in [2.75, 3.05) is 13.7 Å². The Morgan fingerprint density at radius 2 is 1.77 bits per heavy atom. The second kappa shape index (κ2) is 9.64.